The van der Waals surface area contributed by atoms with Crippen molar-refractivity contribution in [1.82, 2.24) is 4.98 Å². The highest BCUT2D eigenvalue weighted by Crippen LogP contribution is 2.28. The SMILES string of the molecule is CC(Nc1ccc(C(N)=S)nc1)c1ccc(Cl)cc1Cl. The lowest BCUT2D eigenvalue weighted by atomic mass is 10.1. The summed E-state index contributed by atoms with van der Waals surface area (Å²) < 4.78 is 0. The molecule has 3 nitrogen and oxygen atoms in total. The van der Waals surface area contributed by atoms with Gasteiger partial charge in [0.1, 0.15) is 4.99 Å². The van der Waals surface area contributed by atoms with Crippen LogP contribution in [0.1, 0.15) is 24.2 Å². The number of pyridine rings is 1. The second kappa shape index (κ2) is 6.39. The van der Waals surface area contributed by atoms with Gasteiger partial charge in [0, 0.05) is 10.0 Å². The fraction of sp³-hybridized carbons (Fsp3) is 0.143. The van der Waals surface area contributed by atoms with Crippen molar-refractivity contribution in [2.45, 2.75) is 13.0 Å². The van der Waals surface area contributed by atoms with Crippen molar-refractivity contribution in [3.8, 4) is 0 Å². The Kier molecular flexibility index (Phi) is 4.81. The third kappa shape index (κ3) is 3.60. The number of hydrogen-bond acceptors (Lipinski definition) is 3. The molecule has 3 N–H and O–H groups in total. The molecule has 0 saturated heterocycles. The molecule has 20 heavy (non-hydrogen) atoms. The van der Waals surface area contributed by atoms with Gasteiger partial charge >= 0.3 is 0 Å². The van der Waals surface area contributed by atoms with Gasteiger partial charge in [0.05, 0.1) is 23.6 Å². The zero-order valence-electron chi connectivity index (χ0n) is 10.7. The lowest BCUT2D eigenvalue weighted by Crippen LogP contribution is -2.12. The Hall–Kier alpha value is -1.36. The summed E-state index contributed by atoms with van der Waals surface area (Å²) in [5.41, 5.74) is 7.94. The monoisotopic (exact) mass is 325 g/mol. The number of nitrogens with one attached hydrogen (secondary N) is 1. The van der Waals surface area contributed by atoms with E-state index in [1.165, 1.54) is 0 Å². The molecule has 6 heteroatoms. The Morgan fingerprint density at radius 3 is 2.60 bits per heavy atom. The molecule has 104 valence electrons. The third-order valence-corrected chi connectivity index (χ3v) is 3.60. The molecule has 0 aliphatic heterocycles. The maximum Gasteiger partial charge on any atom is 0.122 e. The van der Waals surface area contributed by atoms with Gasteiger partial charge in [-0.1, -0.05) is 41.5 Å². The van der Waals surface area contributed by atoms with Crippen LogP contribution in [-0.2, 0) is 0 Å². The summed E-state index contributed by atoms with van der Waals surface area (Å²) in [7, 11) is 0. The van der Waals surface area contributed by atoms with E-state index < -0.39 is 0 Å². The van der Waals surface area contributed by atoms with Crippen molar-refractivity contribution in [2.24, 2.45) is 5.73 Å². The van der Waals surface area contributed by atoms with Crippen LogP contribution >= 0.6 is 35.4 Å². The van der Waals surface area contributed by atoms with Crippen molar-refractivity contribution >= 4 is 46.1 Å². The van der Waals surface area contributed by atoms with Crippen LogP contribution in [0.2, 0.25) is 10.0 Å². The minimum absolute atomic E-state index is 0.0252. The number of halogens is 2. The molecule has 1 heterocycles. The van der Waals surface area contributed by atoms with Crippen LogP contribution in [0.5, 0.6) is 0 Å². The molecule has 0 aliphatic carbocycles. The van der Waals surface area contributed by atoms with Crippen molar-refractivity contribution in [3.05, 3.63) is 57.8 Å². The average Bonchev–Trinajstić information content (AvgIpc) is 2.39. The average molecular weight is 326 g/mol. The summed E-state index contributed by atoms with van der Waals surface area (Å²) in [5.74, 6) is 0. The van der Waals surface area contributed by atoms with Crippen molar-refractivity contribution < 1.29 is 0 Å². The van der Waals surface area contributed by atoms with Gasteiger partial charge in [-0.3, -0.25) is 4.98 Å². The first-order valence-electron chi connectivity index (χ1n) is 5.94. The van der Waals surface area contributed by atoms with E-state index >= 15 is 0 Å². The normalized spacial score (nSPS) is 11.9. The highest BCUT2D eigenvalue weighted by atomic mass is 35.5. The molecule has 0 spiro atoms. The van der Waals surface area contributed by atoms with Gasteiger partial charge in [-0.2, -0.15) is 0 Å². The summed E-state index contributed by atoms with van der Waals surface area (Å²) in [4.78, 5) is 4.46. The molecule has 0 fully saturated rings. The quantitative estimate of drug-likeness (QED) is 0.827. The maximum atomic E-state index is 6.18. The Morgan fingerprint density at radius 2 is 2.05 bits per heavy atom. The lowest BCUT2D eigenvalue weighted by molar-refractivity contribution is 0.883. The molecule has 0 radical (unpaired) electrons. The summed E-state index contributed by atoms with van der Waals surface area (Å²) in [6.07, 6.45) is 1.69. The zero-order chi connectivity index (χ0) is 14.7. The predicted octanol–water partition coefficient (Wildman–Crippen LogP) is 4.20. The first-order chi connectivity index (χ1) is 9.47. The van der Waals surface area contributed by atoms with Crippen LogP contribution in [-0.4, -0.2) is 9.97 Å². The number of hydrogen-bond donors (Lipinski definition) is 2. The molecule has 2 rings (SSSR count). The van der Waals surface area contributed by atoms with Gasteiger partial charge < -0.3 is 11.1 Å². The van der Waals surface area contributed by atoms with Gasteiger partial charge in [-0.05, 0) is 36.8 Å². The van der Waals surface area contributed by atoms with Gasteiger partial charge in [-0.25, -0.2) is 0 Å². The van der Waals surface area contributed by atoms with Crippen LogP contribution in [0.4, 0.5) is 5.69 Å². The van der Waals surface area contributed by atoms with E-state index in [1.807, 2.05) is 25.1 Å². The maximum absolute atomic E-state index is 6.18. The van der Waals surface area contributed by atoms with Crippen LogP contribution < -0.4 is 11.1 Å². The number of anilines is 1. The number of benzene rings is 1. The van der Waals surface area contributed by atoms with Crippen molar-refractivity contribution in [2.75, 3.05) is 5.32 Å². The second-order valence-electron chi connectivity index (χ2n) is 4.33. The molecule has 2 aromatic rings. The van der Waals surface area contributed by atoms with Crippen molar-refractivity contribution in [1.29, 1.82) is 0 Å². The molecular formula is C14H13Cl2N3S. The molecule has 0 saturated carbocycles. The smallest absolute Gasteiger partial charge is 0.122 e. The second-order valence-corrected chi connectivity index (χ2v) is 5.61. The Bertz CT molecular complexity index is 629. The summed E-state index contributed by atoms with van der Waals surface area (Å²) in [6, 6.07) is 9.12. The van der Waals surface area contributed by atoms with E-state index in [4.69, 9.17) is 41.2 Å². The van der Waals surface area contributed by atoms with Gasteiger partial charge in [0.15, 0.2) is 0 Å². The van der Waals surface area contributed by atoms with Crippen LogP contribution in [0.3, 0.4) is 0 Å². The van der Waals surface area contributed by atoms with E-state index in [2.05, 4.69) is 10.3 Å². The standard InChI is InChI=1S/C14H13Cl2N3S/c1-8(11-4-2-9(15)6-12(11)16)19-10-3-5-13(14(17)20)18-7-10/h2-8,19H,1H3,(H2,17,20). The molecule has 1 aromatic heterocycles. The number of rotatable bonds is 4. The Labute approximate surface area is 133 Å². The summed E-state index contributed by atoms with van der Waals surface area (Å²) in [6.45, 7) is 2.01. The predicted molar refractivity (Wildman–Crippen MR) is 88.6 cm³/mol. The number of thiocarbonyl (C=S) groups is 1. The number of nitrogens with zero attached hydrogens (tertiary/aromatic N) is 1. The van der Waals surface area contributed by atoms with Crippen LogP contribution in [0.25, 0.3) is 0 Å². The van der Waals surface area contributed by atoms with Gasteiger partial charge in [-0.15, -0.1) is 0 Å². The molecule has 1 atom stereocenters. The Balaban J connectivity index is 2.14. The summed E-state index contributed by atoms with van der Waals surface area (Å²) >= 11 is 16.9. The van der Waals surface area contributed by atoms with E-state index in [-0.39, 0.29) is 11.0 Å². The first-order valence-corrected chi connectivity index (χ1v) is 7.11. The molecule has 0 amide bonds. The molecule has 0 aliphatic rings. The third-order valence-electron chi connectivity index (χ3n) is 2.83. The first kappa shape index (κ1) is 15.0. The topological polar surface area (TPSA) is 50.9 Å². The highest BCUT2D eigenvalue weighted by Gasteiger charge is 2.10. The number of nitrogens with two attached hydrogens (primary N) is 1. The molecular weight excluding hydrogens is 313 g/mol. The fourth-order valence-corrected chi connectivity index (χ4v) is 2.50. The zero-order valence-corrected chi connectivity index (χ0v) is 13.1. The van der Waals surface area contributed by atoms with Crippen LogP contribution in [0, 0.1) is 0 Å². The fourth-order valence-electron chi connectivity index (χ4n) is 1.81. The Morgan fingerprint density at radius 1 is 1.30 bits per heavy atom. The minimum atomic E-state index is 0.0252. The number of aromatic nitrogens is 1. The lowest BCUT2D eigenvalue weighted by Gasteiger charge is -2.17. The molecule has 0 bridgehead atoms. The van der Waals surface area contributed by atoms with E-state index in [9.17, 15) is 0 Å². The molecule has 1 aromatic carbocycles. The highest BCUT2D eigenvalue weighted by molar-refractivity contribution is 7.80. The van der Waals surface area contributed by atoms with Crippen LogP contribution in [0.15, 0.2) is 36.5 Å². The van der Waals surface area contributed by atoms with E-state index in [0.29, 0.717) is 15.7 Å². The van der Waals surface area contributed by atoms with E-state index in [0.717, 1.165) is 11.3 Å². The van der Waals surface area contributed by atoms with Crippen molar-refractivity contribution in [3.63, 3.8) is 0 Å². The molecule has 1 unspecified atom stereocenters. The van der Waals surface area contributed by atoms with E-state index in [1.54, 1.807) is 18.3 Å². The largest absolute Gasteiger partial charge is 0.388 e. The van der Waals surface area contributed by atoms with Gasteiger partial charge in [0.25, 0.3) is 0 Å². The summed E-state index contributed by atoms with van der Waals surface area (Å²) in [5, 5.41) is 4.56. The van der Waals surface area contributed by atoms with Gasteiger partial charge in [0.2, 0.25) is 0 Å². The minimum Gasteiger partial charge on any atom is -0.388 e.